The number of carbonyl (C=O) groups excluding carboxylic acids is 1. The van der Waals surface area contributed by atoms with Crippen LogP contribution in [0.4, 0.5) is 0 Å². The average molecular weight is 268 g/mol. The van der Waals surface area contributed by atoms with Gasteiger partial charge >= 0.3 is 5.97 Å². The molecule has 1 aliphatic heterocycles. The van der Waals surface area contributed by atoms with E-state index in [1.54, 1.807) is 0 Å². The maximum atomic E-state index is 12.2. The van der Waals surface area contributed by atoms with Crippen LogP contribution in [0, 0.1) is 6.92 Å². The molecular formula is C17H16O3. The molecule has 2 atom stereocenters. The van der Waals surface area contributed by atoms with Crippen LogP contribution in [0.3, 0.4) is 0 Å². The summed E-state index contributed by atoms with van der Waals surface area (Å²) in [6, 6.07) is 17.5. The average Bonchev–Trinajstić information content (AvgIpc) is 3.25. The number of benzene rings is 2. The lowest BCUT2D eigenvalue weighted by Gasteiger charge is -2.11. The van der Waals surface area contributed by atoms with E-state index >= 15 is 0 Å². The highest BCUT2D eigenvalue weighted by molar-refractivity contribution is 5.85. The lowest BCUT2D eigenvalue weighted by molar-refractivity contribution is -0.147. The van der Waals surface area contributed by atoms with Crippen molar-refractivity contribution >= 4 is 5.97 Å². The Bertz CT molecular complexity index is 618. The largest absolute Gasteiger partial charge is 0.467 e. The van der Waals surface area contributed by atoms with E-state index in [0.29, 0.717) is 0 Å². The lowest BCUT2D eigenvalue weighted by Crippen LogP contribution is -2.24. The van der Waals surface area contributed by atoms with Crippen molar-refractivity contribution in [3.05, 3.63) is 71.3 Å². The van der Waals surface area contributed by atoms with Gasteiger partial charge in [-0.3, -0.25) is 0 Å². The highest BCUT2D eigenvalue weighted by atomic mass is 16.7. The van der Waals surface area contributed by atoms with Crippen LogP contribution >= 0.6 is 0 Å². The fourth-order valence-corrected chi connectivity index (χ4v) is 2.53. The molecule has 2 aromatic rings. The van der Waals surface area contributed by atoms with Crippen molar-refractivity contribution in [1.82, 2.24) is 0 Å². The fourth-order valence-electron chi connectivity index (χ4n) is 2.53. The van der Waals surface area contributed by atoms with Gasteiger partial charge in [-0.25, -0.2) is 4.79 Å². The topological polar surface area (TPSA) is 38.8 Å². The Labute approximate surface area is 118 Å². The van der Waals surface area contributed by atoms with Crippen molar-refractivity contribution in [1.29, 1.82) is 0 Å². The smallest absolute Gasteiger partial charge is 0.346 e. The third-order valence-corrected chi connectivity index (χ3v) is 3.69. The molecule has 0 bridgehead atoms. The minimum absolute atomic E-state index is 0.280. The Balaban J connectivity index is 1.99. The molecular weight excluding hydrogens is 252 g/mol. The van der Waals surface area contributed by atoms with Gasteiger partial charge in [-0.05, 0) is 18.1 Å². The summed E-state index contributed by atoms with van der Waals surface area (Å²) in [6.07, 6.45) is -0.280. The van der Waals surface area contributed by atoms with Gasteiger partial charge in [-0.2, -0.15) is 0 Å². The van der Waals surface area contributed by atoms with Crippen LogP contribution in [0.5, 0.6) is 0 Å². The van der Waals surface area contributed by atoms with Crippen LogP contribution in [0.25, 0.3) is 0 Å². The van der Waals surface area contributed by atoms with Crippen molar-refractivity contribution in [2.45, 2.75) is 18.6 Å². The molecule has 3 heteroatoms. The van der Waals surface area contributed by atoms with Crippen LogP contribution in [-0.2, 0) is 19.9 Å². The summed E-state index contributed by atoms with van der Waals surface area (Å²) in [6.45, 7) is 2.03. The Morgan fingerprint density at radius 2 is 1.75 bits per heavy atom. The van der Waals surface area contributed by atoms with E-state index in [4.69, 9.17) is 9.47 Å². The number of epoxide rings is 1. The first-order valence-corrected chi connectivity index (χ1v) is 6.57. The van der Waals surface area contributed by atoms with Gasteiger partial charge in [0.2, 0.25) is 5.60 Å². The Hall–Kier alpha value is -2.13. The molecule has 2 unspecified atom stereocenters. The normalized spacial score (nSPS) is 24.2. The highest BCUT2D eigenvalue weighted by Gasteiger charge is 2.65. The van der Waals surface area contributed by atoms with E-state index in [0.717, 1.165) is 11.1 Å². The molecule has 1 saturated heterocycles. The van der Waals surface area contributed by atoms with Crippen LogP contribution < -0.4 is 0 Å². The zero-order valence-electron chi connectivity index (χ0n) is 11.5. The van der Waals surface area contributed by atoms with Gasteiger partial charge in [0.1, 0.15) is 6.10 Å². The second-order valence-electron chi connectivity index (χ2n) is 5.00. The number of rotatable bonds is 3. The van der Waals surface area contributed by atoms with Crippen molar-refractivity contribution < 1.29 is 14.3 Å². The second-order valence-corrected chi connectivity index (χ2v) is 5.00. The van der Waals surface area contributed by atoms with Crippen LogP contribution in [0.15, 0.2) is 54.6 Å². The van der Waals surface area contributed by atoms with Gasteiger partial charge in [-0.1, -0.05) is 60.2 Å². The first-order chi connectivity index (χ1) is 9.68. The lowest BCUT2D eigenvalue weighted by atomic mass is 9.91. The molecule has 0 amide bonds. The maximum absolute atomic E-state index is 12.2. The molecule has 20 heavy (non-hydrogen) atoms. The van der Waals surface area contributed by atoms with Gasteiger partial charge in [0, 0.05) is 0 Å². The van der Waals surface area contributed by atoms with Crippen LogP contribution in [0.1, 0.15) is 22.8 Å². The summed E-state index contributed by atoms with van der Waals surface area (Å²) in [5.41, 5.74) is 2.01. The molecule has 0 aliphatic carbocycles. The second kappa shape index (κ2) is 4.76. The minimum atomic E-state index is -0.995. The van der Waals surface area contributed by atoms with E-state index < -0.39 is 5.60 Å². The number of methoxy groups -OCH3 is 1. The predicted octanol–water partition coefficient (Wildman–Crippen LogP) is 3.13. The monoisotopic (exact) mass is 268 g/mol. The van der Waals surface area contributed by atoms with Crippen LogP contribution in [-0.4, -0.2) is 13.1 Å². The van der Waals surface area contributed by atoms with Crippen molar-refractivity contribution in [3.8, 4) is 0 Å². The summed E-state index contributed by atoms with van der Waals surface area (Å²) < 4.78 is 10.7. The Morgan fingerprint density at radius 1 is 1.10 bits per heavy atom. The van der Waals surface area contributed by atoms with E-state index in [9.17, 15) is 4.79 Å². The Morgan fingerprint density at radius 3 is 2.35 bits per heavy atom. The maximum Gasteiger partial charge on any atom is 0.346 e. The molecule has 0 spiro atoms. The first kappa shape index (κ1) is 12.9. The molecule has 0 N–H and O–H groups in total. The molecule has 1 fully saturated rings. The van der Waals surface area contributed by atoms with Crippen molar-refractivity contribution in [3.63, 3.8) is 0 Å². The molecule has 0 aromatic heterocycles. The fraction of sp³-hybridized carbons (Fsp3) is 0.235. The van der Waals surface area contributed by atoms with Gasteiger partial charge in [0.05, 0.1) is 7.11 Å². The number of esters is 1. The zero-order chi connectivity index (χ0) is 14.2. The highest BCUT2D eigenvalue weighted by Crippen LogP contribution is 2.57. The van der Waals surface area contributed by atoms with Crippen molar-refractivity contribution in [2.75, 3.05) is 7.11 Å². The van der Waals surface area contributed by atoms with Gasteiger partial charge in [0.15, 0.2) is 0 Å². The van der Waals surface area contributed by atoms with Gasteiger partial charge in [0.25, 0.3) is 0 Å². The van der Waals surface area contributed by atoms with Gasteiger partial charge < -0.3 is 9.47 Å². The summed E-state index contributed by atoms with van der Waals surface area (Å²) in [4.78, 5) is 12.2. The molecule has 1 aliphatic rings. The number of carbonyl (C=O) groups is 1. The molecule has 0 radical (unpaired) electrons. The molecule has 0 saturated carbocycles. The number of hydrogen-bond donors (Lipinski definition) is 0. The number of hydrogen-bond acceptors (Lipinski definition) is 3. The van der Waals surface area contributed by atoms with E-state index in [2.05, 4.69) is 0 Å². The number of aryl methyl sites for hydroxylation is 1. The molecule has 2 aromatic carbocycles. The zero-order valence-corrected chi connectivity index (χ0v) is 11.5. The van der Waals surface area contributed by atoms with E-state index in [1.165, 1.54) is 12.7 Å². The molecule has 3 nitrogen and oxygen atoms in total. The number of ether oxygens (including phenoxy) is 2. The summed E-state index contributed by atoms with van der Waals surface area (Å²) in [7, 11) is 1.39. The predicted molar refractivity (Wildman–Crippen MR) is 75.1 cm³/mol. The molecule has 1 heterocycles. The third kappa shape index (κ3) is 1.91. The summed E-state index contributed by atoms with van der Waals surface area (Å²) >= 11 is 0. The summed E-state index contributed by atoms with van der Waals surface area (Å²) in [5.74, 6) is -0.353. The standard InChI is InChI=1S/C17H16O3/c1-12-8-10-13(11-9-12)15-17(20-15,16(18)19-2)14-6-4-3-5-7-14/h3-11,15H,1-2H3. The third-order valence-electron chi connectivity index (χ3n) is 3.69. The molecule has 3 rings (SSSR count). The first-order valence-electron chi connectivity index (χ1n) is 6.57. The van der Waals surface area contributed by atoms with E-state index in [-0.39, 0.29) is 12.1 Å². The Kier molecular flexibility index (Phi) is 3.07. The quantitative estimate of drug-likeness (QED) is 0.634. The SMILES string of the molecule is COC(=O)C1(c2ccccc2)OC1c1ccc(C)cc1. The van der Waals surface area contributed by atoms with E-state index in [1.807, 2.05) is 61.5 Å². The van der Waals surface area contributed by atoms with Crippen LogP contribution in [0.2, 0.25) is 0 Å². The summed E-state index contributed by atoms with van der Waals surface area (Å²) in [5, 5.41) is 0. The minimum Gasteiger partial charge on any atom is -0.467 e. The van der Waals surface area contributed by atoms with Gasteiger partial charge in [-0.15, -0.1) is 0 Å². The van der Waals surface area contributed by atoms with Crippen molar-refractivity contribution in [2.24, 2.45) is 0 Å². The molecule has 102 valence electrons.